The Balaban J connectivity index is 2.26. The van der Waals surface area contributed by atoms with Crippen LogP contribution < -0.4 is 10.5 Å². The maximum atomic E-state index is 10.9. The van der Waals surface area contributed by atoms with E-state index in [1.165, 1.54) is 0 Å². The highest BCUT2D eigenvalue weighted by molar-refractivity contribution is 6.40. The summed E-state index contributed by atoms with van der Waals surface area (Å²) in [4.78, 5) is 10.9. The van der Waals surface area contributed by atoms with Crippen LogP contribution in [0.5, 0.6) is 5.75 Å². The zero-order valence-corrected chi connectivity index (χ0v) is 12.6. The molecule has 1 aromatic rings. The lowest BCUT2D eigenvalue weighted by Crippen LogP contribution is -2.13. The summed E-state index contributed by atoms with van der Waals surface area (Å²) in [7, 11) is -1.32. The molecule has 0 saturated carbocycles. The molecular weight excluding hydrogens is 285 g/mol. The molecule has 1 atom stereocenters. The molecule has 0 saturated heterocycles. The molecule has 7 heteroatoms. The van der Waals surface area contributed by atoms with Crippen LogP contribution in [0.1, 0.15) is 32.1 Å². The first-order valence-corrected chi connectivity index (χ1v) is 7.53. The van der Waals surface area contributed by atoms with Crippen molar-refractivity contribution >= 4 is 18.8 Å². The zero-order chi connectivity index (χ0) is 16.4. The molecule has 0 heterocycles. The third-order valence-electron chi connectivity index (χ3n) is 3.44. The van der Waals surface area contributed by atoms with E-state index in [4.69, 9.17) is 25.6 Å². The third kappa shape index (κ3) is 8.54. The van der Waals surface area contributed by atoms with Gasteiger partial charge in [0.1, 0.15) is 5.75 Å². The van der Waals surface area contributed by atoms with E-state index in [2.05, 4.69) is 0 Å². The fourth-order valence-corrected chi connectivity index (χ4v) is 2.31. The highest BCUT2D eigenvalue weighted by atomic mass is 16.5. The average molecular weight is 309 g/mol. The SMILES string of the molecule is Nc1ccc(OCCCC(CCCB(O)O)CC(=O)O)cc1. The molecule has 0 fully saturated rings. The van der Waals surface area contributed by atoms with E-state index in [1.807, 2.05) is 0 Å². The third-order valence-corrected chi connectivity index (χ3v) is 3.44. The Labute approximate surface area is 131 Å². The van der Waals surface area contributed by atoms with Crippen LogP contribution >= 0.6 is 0 Å². The number of ether oxygens (including phenoxy) is 1. The molecule has 0 radical (unpaired) electrons. The number of benzene rings is 1. The van der Waals surface area contributed by atoms with E-state index < -0.39 is 13.1 Å². The van der Waals surface area contributed by atoms with Crippen LogP contribution in [-0.2, 0) is 4.79 Å². The molecule has 1 rings (SSSR count). The van der Waals surface area contributed by atoms with Gasteiger partial charge in [0.05, 0.1) is 6.61 Å². The zero-order valence-electron chi connectivity index (χ0n) is 12.6. The fourth-order valence-electron chi connectivity index (χ4n) is 2.31. The number of carboxylic acid groups (broad SMARTS) is 1. The minimum Gasteiger partial charge on any atom is -0.494 e. The Hall–Kier alpha value is -1.73. The van der Waals surface area contributed by atoms with Crippen LogP contribution in [0.4, 0.5) is 5.69 Å². The fraction of sp³-hybridized carbons (Fsp3) is 0.533. The molecule has 5 N–H and O–H groups in total. The van der Waals surface area contributed by atoms with Gasteiger partial charge >= 0.3 is 13.1 Å². The largest absolute Gasteiger partial charge is 0.494 e. The van der Waals surface area contributed by atoms with Crippen molar-refractivity contribution in [2.45, 2.75) is 38.4 Å². The van der Waals surface area contributed by atoms with Crippen LogP contribution in [0, 0.1) is 5.92 Å². The van der Waals surface area contributed by atoms with Crippen molar-refractivity contribution in [2.75, 3.05) is 12.3 Å². The molecule has 1 unspecified atom stereocenters. The summed E-state index contributed by atoms with van der Waals surface area (Å²) in [6.07, 6.45) is 3.15. The minimum atomic E-state index is -1.32. The average Bonchev–Trinajstić information content (AvgIpc) is 2.44. The standard InChI is InChI=1S/C15H24BNO5/c17-13-5-7-14(8-6-13)22-10-2-4-12(11-15(18)19)3-1-9-16(20)21/h5-8,12,20-21H,1-4,9-11,17H2,(H,18,19). The maximum absolute atomic E-state index is 10.9. The molecule has 0 aliphatic carbocycles. The lowest BCUT2D eigenvalue weighted by atomic mass is 9.81. The van der Waals surface area contributed by atoms with Crippen molar-refractivity contribution in [2.24, 2.45) is 5.92 Å². The van der Waals surface area contributed by atoms with Crippen LogP contribution in [0.15, 0.2) is 24.3 Å². The quantitative estimate of drug-likeness (QED) is 0.281. The van der Waals surface area contributed by atoms with E-state index in [0.29, 0.717) is 25.1 Å². The normalized spacial score (nSPS) is 11.9. The highest BCUT2D eigenvalue weighted by Crippen LogP contribution is 2.20. The van der Waals surface area contributed by atoms with Crippen molar-refractivity contribution in [3.63, 3.8) is 0 Å². The summed E-state index contributed by atoms with van der Waals surface area (Å²) >= 11 is 0. The second kappa shape index (κ2) is 10.1. The van der Waals surface area contributed by atoms with E-state index in [9.17, 15) is 4.79 Å². The Morgan fingerprint density at radius 3 is 2.41 bits per heavy atom. The summed E-state index contributed by atoms with van der Waals surface area (Å²) < 4.78 is 5.58. The van der Waals surface area contributed by atoms with Crippen LogP contribution in [0.3, 0.4) is 0 Å². The summed E-state index contributed by atoms with van der Waals surface area (Å²) in [6.45, 7) is 0.517. The molecule has 22 heavy (non-hydrogen) atoms. The van der Waals surface area contributed by atoms with Gasteiger partial charge in [-0.3, -0.25) is 4.79 Å². The molecule has 1 aromatic carbocycles. The van der Waals surface area contributed by atoms with Gasteiger partial charge in [0.2, 0.25) is 0 Å². The molecule has 0 spiro atoms. The first-order valence-electron chi connectivity index (χ1n) is 7.53. The summed E-state index contributed by atoms with van der Waals surface area (Å²) in [5.74, 6) is -0.0485. The second-order valence-electron chi connectivity index (χ2n) is 5.44. The van der Waals surface area contributed by atoms with Gasteiger partial charge in [-0.25, -0.2) is 0 Å². The number of hydrogen-bond donors (Lipinski definition) is 4. The van der Waals surface area contributed by atoms with Gasteiger partial charge in [0, 0.05) is 12.1 Å². The number of carbonyl (C=O) groups is 1. The Morgan fingerprint density at radius 2 is 1.82 bits per heavy atom. The van der Waals surface area contributed by atoms with E-state index in [-0.39, 0.29) is 18.7 Å². The van der Waals surface area contributed by atoms with E-state index in [1.54, 1.807) is 24.3 Å². The number of nitrogen functional groups attached to an aromatic ring is 1. The van der Waals surface area contributed by atoms with Gasteiger partial charge in [-0.05, 0) is 49.3 Å². The van der Waals surface area contributed by atoms with Gasteiger partial charge < -0.3 is 25.6 Å². The number of rotatable bonds is 11. The van der Waals surface area contributed by atoms with Crippen molar-refractivity contribution in [1.82, 2.24) is 0 Å². The maximum Gasteiger partial charge on any atom is 0.451 e. The van der Waals surface area contributed by atoms with Gasteiger partial charge in [0.15, 0.2) is 0 Å². The predicted octanol–water partition coefficient (Wildman–Crippen LogP) is 1.77. The Kier molecular flexibility index (Phi) is 8.39. The van der Waals surface area contributed by atoms with E-state index >= 15 is 0 Å². The second-order valence-corrected chi connectivity index (χ2v) is 5.44. The number of hydrogen-bond acceptors (Lipinski definition) is 5. The number of carboxylic acids is 1. The monoisotopic (exact) mass is 309 g/mol. The molecule has 0 aliphatic rings. The Morgan fingerprint density at radius 1 is 1.18 bits per heavy atom. The van der Waals surface area contributed by atoms with E-state index in [0.717, 1.165) is 18.6 Å². The molecule has 6 nitrogen and oxygen atoms in total. The Bertz CT molecular complexity index is 438. The van der Waals surface area contributed by atoms with Gasteiger partial charge in [-0.2, -0.15) is 0 Å². The summed E-state index contributed by atoms with van der Waals surface area (Å²) in [5, 5.41) is 26.5. The topological polar surface area (TPSA) is 113 Å². The molecular formula is C15H24BNO5. The predicted molar refractivity (Wildman–Crippen MR) is 85.6 cm³/mol. The smallest absolute Gasteiger partial charge is 0.451 e. The minimum absolute atomic E-state index is 0.0336. The summed E-state index contributed by atoms with van der Waals surface area (Å²) in [6, 6.07) is 7.13. The van der Waals surface area contributed by atoms with Gasteiger partial charge in [-0.1, -0.05) is 12.8 Å². The van der Waals surface area contributed by atoms with Gasteiger partial charge in [-0.15, -0.1) is 0 Å². The lowest BCUT2D eigenvalue weighted by molar-refractivity contribution is -0.138. The van der Waals surface area contributed by atoms with Crippen molar-refractivity contribution in [1.29, 1.82) is 0 Å². The first-order chi connectivity index (χ1) is 10.5. The van der Waals surface area contributed by atoms with Gasteiger partial charge in [0.25, 0.3) is 0 Å². The van der Waals surface area contributed by atoms with Crippen molar-refractivity contribution in [3.8, 4) is 5.75 Å². The molecule has 0 aliphatic heterocycles. The molecule has 0 amide bonds. The number of aliphatic carboxylic acids is 1. The molecule has 122 valence electrons. The molecule has 0 bridgehead atoms. The van der Waals surface area contributed by atoms with Crippen molar-refractivity contribution in [3.05, 3.63) is 24.3 Å². The van der Waals surface area contributed by atoms with Crippen molar-refractivity contribution < 1.29 is 24.7 Å². The van der Waals surface area contributed by atoms with Crippen LogP contribution in [0.25, 0.3) is 0 Å². The molecule has 0 aromatic heterocycles. The first kappa shape index (κ1) is 18.3. The lowest BCUT2D eigenvalue weighted by Gasteiger charge is -2.15. The number of nitrogens with two attached hydrogens (primary N) is 1. The van der Waals surface area contributed by atoms with Crippen LogP contribution in [-0.4, -0.2) is 34.8 Å². The number of anilines is 1. The van der Waals surface area contributed by atoms with Crippen LogP contribution in [0.2, 0.25) is 6.32 Å². The summed E-state index contributed by atoms with van der Waals surface area (Å²) in [5.41, 5.74) is 6.27. The highest BCUT2D eigenvalue weighted by Gasteiger charge is 2.15.